The highest BCUT2D eigenvalue weighted by Gasteiger charge is 2.53. The molecule has 0 bridgehead atoms. The molecule has 1 unspecified atom stereocenters. The lowest BCUT2D eigenvalue weighted by Crippen LogP contribution is -2.49. The van der Waals surface area contributed by atoms with E-state index in [1.54, 1.807) is 6.07 Å². The Morgan fingerprint density at radius 2 is 2.31 bits per heavy atom. The quantitative estimate of drug-likeness (QED) is 0.325. The molecule has 3 rings (SSSR count). The van der Waals surface area contributed by atoms with Gasteiger partial charge in [0.25, 0.3) is 5.56 Å². The number of carbonyl (C=O) groups is 1. The summed E-state index contributed by atoms with van der Waals surface area (Å²) in [5, 5.41) is 29.9. The number of aromatic nitrogens is 4. The van der Waals surface area contributed by atoms with Crippen molar-refractivity contribution in [3.8, 4) is 6.07 Å². The SMILES string of the molecule is N#C[C@@]1(n2ccc(=O)[nH]c2=O)OC(COC(=O)[C@H](N)Cc2cnc[nH]2)=C(O)C1O. The van der Waals surface area contributed by atoms with Gasteiger partial charge in [-0.05, 0) is 0 Å². The number of nitriles is 1. The molecular weight excluding hydrogens is 388 g/mol. The number of aromatic amines is 2. The van der Waals surface area contributed by atoms with E-state index in [9.17, 15) is 29.9 Å². The van der Waals surface area contributed by atoms with E-state index in [1.165, 1.54) is 12.5 Å². The zero-order valence-corrected chi connectivity index (χ0v) is 14.7. The van der Waals surface area contributed by atoms with Crippen LogP contribution in [0.15, 0.2) is 45.9 Å². The van der Waals surface area contributed by atoms with Crippen molar-refractivity contribution in [3.05, 3.63) is 62.8 Å². The number of imidazole rings is 1. The molecule has 29 heavy (non-hydrogen) atoms. The monoisotopic (exact) mass is 404 g/mol. The number of aliphatic hydroxyl groups excluding tert-OH is 2. The van der Waals surface area contributed by atoms with Gasteiger partial charge >= 0.3 is 17.4 Å². The number of H-pyrrole nitrogens is 2. The summed E-state index contributed by atoms with van der Waals surface area (Å²) in [6.07, 6.45) is 1.97. The Morgan fingerprint density at radius 1 is 1.55 bits per heavy atom. The number of carbonyl (C=O) groups excluding carboxylic acids is 1. The molecule has 13 heteroatoms. The minimum absolute atomic E-state index is 0.113. The zero-order chi connectivity index (χ0) is 21.2. The smallest absolute Gasteiger partial charge is 0.332 e. The number of hydrogen-bond acceptors (Lipinski definition) is 10. The molecule has 13 nitrogen and oxygen atoms in total. The zero-order valence-electron chi connectivity index (χ0n) is 14.7. The van der Waals surface area contributed by atoms with E-state index in [1.807, 2.05) is 4.98 Å². The fraction of sp³-hybridized carbons (Fsp3) is 0.312. The number of hydrogen-bond donors (Lipinski definition) is 5. The normalized spacial score (nSPS) is 22.0. The summed E-state index contributed by atoms with van der Waals surface area (Å²) in [5.41, 5.74) is 2.16. The molecule has 0 saturated carbocycles. The lowest BCUT2D eigenvalue weighted by Gasteiger charge is -2.26. The topological polar surface area (TPSA) is 209 Å². The summed E-state index contributed by atoms with van der Waals surface area (Å²) < 4.78 is 10.9. The molecule has 0 spiro atoms. The van der Waals surface area contributed by atoms with Gasteiger partial charge in [0, 0.05) is 30.6 Å². The predicted molar refractivity (Wildman–Crippen MR) is 92.9 cm³/mol. The van der Waals surface area contributed by atoms with Crippen LogP contribution in [0.1, 0.15) is 5.69 Å². The van der Waals surface area contributed by atoms with Crippen LogP contribution in [-0.2, 0) is 26.4 Å². The third-order valence-electron chi connectivity index (χ3n) is 4.18. The summed E-state index contributed by atoms with van der Waals surface area (Å²) >= 11 is 0. The van der Waals surface area contributed by atoms with Crippen molar-refractivity contribution >= 4 is 5.97 Å². The predicted octanol–water partition coefficient (Wildman–Crippen LogP) is -2.29. The molecular formula is C16H16N6O7. The standard InChI is InChI=1S/C16H16N6O7/c17-6-16(22-2-1-11(23)21-15(22)27)13(25)12(24)10(29-16)5-28-14(26)9(18)3-8-4-19-7-20-8/h1-2,4,7,9,13,24-25H,3,5,18H2,(H,19,20)(H,21,23,27)/t9-,13?,16-/m1/s1. The number of ether oxygens (including phenoxy) is 2. The van der Waals surface area contributed by atoms with Crippen LogP contribution < -0.4 is 17.0 Å². The molecule has 0 radical (unpaired) electrons. The Bertz CT molecular complexity index is 1100. The highest BCUT2D eigenvalue weighted by atomic mass is 16.6. The molecule has 0 fully saturated rings. The van der Waals surface area contributed by atoms with Gasteiger partial charge in [0.2, 0.25) is 0 Å². The molecule has 1 aliphatic rings. The van der Waals surface area contributed by atoms with Gasteiger partial charge in [0.05, 0.1) is 6.33 Å². The molecule has 3 atom stereocenters. The van der Waals surface area contributed by atoms with E-state index < -0.39 is 53.2 Å². The van der Waals surface area contributed by atoms with Gasteiger partial charge in [-0.15, -0.1) is 0 Å². The molecule has 2 aromatic rings. The van der Waals surface area contributed by atoms with Crippen molar-refractivity contribution in [2.45, 2.75) is 24.3 Å². The molecule has 6 N–H and O–H groups in total. The van der Waals surface area contributed by atoms with E-state index in [2.05, 4.69) is 9.97 Å². The largest absolute Gasteiger partial charge is 0.506 e. The van der Waals surface area contributed by atoms with Crippen LogP contribution in [0.5, 0.6) is 0 Å². The van der Waals surface area contributed by atoms with Gasteiger partial charge in [0.1, 0.15) is 12.1 Å². The van der Waals surface area contributed by atoms with Crippen LogP contribution >= 0.6 is 0 Å². The number of nitrogens with one attached hydrogen (secondary N) is 2. The maximum Gasteiger partial charge on any atom is 0.332 e. The van der Waals surface area contributed by atoms with E-state index in [4.69, 9.17) is 15.2 Å². The first kappa shape index (κ1) is 19.9. The molecule has 0 saturated heterocycles. The van der Waals surface area contributed by atoms with Crippen LogP contribution in [0.3, 0.4) is 0 Å². The summed E-state index contributed by atoms with van der Waals surface area (Å²) in [6.45, 7) is -0.653. The van der Waals surface area contributed by atoms with Gasteiger partial charge < -0.3 is 30.4 Å². The van der Waals surface area contributed by atoms with Gasteiger partial charge in [0.15, 0.2) is 24.2 Å². The van der Waals surface area contributed by atoms with Gasteiger partial charge in [-0.3, -0.25) is 14.6 Å². The Morgan fingerprint density at radius 3 is 2.93 bits per heavy atom. The lowest BCUT2D eigenvalue weighted by molar-refractivity contribution is -0.146. The van der Waals surface area contributed by atoms with E-state index in [-0.39, 0.29) is 6.42 Å². The van der Waals surface area contributed by atoms with Crippen LogP contribution in [0.4, 0.5) is 0 Å². The molecule has 1 aliphatic heterocycles. The number of rotatable bonds is 6. The summed E-state index contributed by atoms with van der Waals surface area (Å²) in [4.78, 5) is 43.8. The summed E-state index contributed by atoms with van der Waals surface area (Å²) in [6, 6.07) is 1.48. The van der Waals surface area contributed by atoms with E-state index >= 15 is 0 Å². The minimum atomic E-state index is -2.40. The van der Waals surface area contributed by atoms with Crippen molar-refractivity contribution in [2.75, 3.05) is 6.61 Å². The first-order valence-corrected chi connectivity index (χ1v) is 8.20. The van der Waals surface area contributed by atoms with Crippen LogP contribution in [-0.4, -0.2) is 54.5 Å². The lowest BCUT2D eigenvalue weighted by atomic mass is 10.1. The number of nitrogens with two attached hydrogens (primary N) is 1. The highest BCUT2D eigenvalue weighted by Crippen LogP contribution is 2.36. The van der Waals surface area contributed by atoms with Crippen molar-refractivity contribution in [2.24, 2.45) is 5.73 Å². The second kappa shape index (κ2) is 7.62. The number of aliphatic hydroxyl groups is 2. The second-order valence-corrected chi connectivity index (χ2v) is 6.10. The maximum absolute atomic E-state index is 12.0. The van der Waals surface area contributed by atoms with Crippen LogP contribution in [0.2, 0.25) is 0 Å². The Kier molecular flexibility index (Phi) is 5.22. The Balaban J connectivity index is 1.74. The van der Waals surface area contributed by atoms with Gasteiger partial charge in [-0.1, -0.05) is 0 Å². The highest BCUT2D eigenvalue weighted by molar-refractivity contribution is 5.75. The van der Waals surface area contributed by atoms with Gasteiger partial charge in [-0.25, -0.2) is 14.3 Å². The third kappa shape index (κ3) is 3.61. The second-order valence-electron chi connectivity index (χ2n) is 6.10. The Labute approximate surface area is 161 Å². The van der Waals surface area contributed by atoms with Crippen molar-refractivity contribution in [3.63, 3.8) is 0 Å². The molecule has 0 aromatic carbocycles. The summed E-state index contributed by atoms with van der Waals surface area (Å²) in [5.74, 6) is -2.09. The van der Waals surface area contributed by atoms with Crippen molar-refractivity contribution < 1.29 is 24.5 Å². The molecule has 152 valence electrons. The maximum atomic E-state index is 12.0. The molecule has 3 heterocycles. The van der Waals surface area contributed by atoms with Crippen LogP contribution in [0.25, 0.3) is 0 Å². The average molecular weight is 404 g/mol. The number of esters is 1. The fourth-order valence-corrected chi connectivity index (χ4v) is 2.69. The average Bonchev–Trinajstić information content (AvgIpc) is 3.28. The number of nitrogens with zero attached hydrogens (tertiary/aromatic N) is 3. The molecule has 0 aliphatic carbocycles. The van der Waals surface area contributed by atoms with Gasteiger partial charge in [-0.2, -0.15) is 5.26 Å². The molecule has 2 aromatic heterocycles. The third-order valence-corrected chi connectivity index (χ3v) is 4.18. The van der Waals surface area contributed by atoms with Crippen molar-refractivity contribution in [1.82, 2.24) is 19.5 Å². The first-order chi connectivity index (χ1) is 13.8. The summed E-state index contributed by atoms with van der Waals surface area (Å²) in [7, 11) is 0. The first-order valence-electron chi connectivity index (χ1n) is 8.20. The fourth-order valence-electron chi connectivity index (χ4n) is 2.69. The Hall–Kier alpha value is -3.89. The van der Waals surface area contributed by atoms with Crippen LogP contribution in [0, 0.1) is 11.3 Å². The minimum Gasteiger partial charge on any atom is -0.506 e. The molecule has 0 amide bonds. The van der Waals surface area contributed by atoms with Crippen molar-refractivity contribution in [1.29, 1.82) is 5.26 Å². The van der Waals surface area contributed by atoms with E-state index in [0.717, 1.165) is 12.3 Å². The van der Waals surface area contributed by atoms with E-state index in [0.29, 0.717) is 10.3 Å².